The molecule has 0 saturated carbocycles. The van der Waals surface area contributed by atoms with Crippen LogP contribution in [0.4, 0.5) is 0 Å². The molecule has 0 bridgehead atoms. The molecule has 128 valence electrons. The van der Waals surface area contributed by atoms with Gasteiger partial charge in [0.05, 0.1) is 22.2 Å². The fraction of sp³-hybridized carbons (Fsp3) is 0.118. The van der Waals surface area contributed by atoms with Gasteiger partial charge in [0.1, 0.15) is 10.9 Å². The number of hydrogen-bond donors (Lipinski definition) is 1. The van der Waals surface area contributed by atoms with Crippen LogP contribution < -0.4 is 14.8 Å². The van der Waals surface area contributed by atoms with Gasteiger partial charge in [0.2, 0.25) is 0 Å². The number of halogens is 1. The van der Waals surface area contributed by atoms with Crippen LogP contribution in [0.5, 0.6) is 11.5 Å². The van der Waals surface area contributed by atoms with Crippen LogP contribution in [-0.2, 0) is 11.4 Å². The van der Waals surface area contributed by atoms with Crippen LogP contribution >= 0.6 is 39.9 Å². The van der Waals surface area contributed by atoms with Crippen LogP contribution in [0.1, 0.15) is 11.3 Å². The SMILES string of the molecule is COc1cc(C=C2SC(=S)NC2=O)cc(Br)c1OCc1ccccn1. The Hall–Kier alpha value is -1.90. The number of benzene rings is 1. The number of aromatic nitrogens is 1. The number of methoxy groups -OCH3 is 1. The minimum absolute atomic E-state index is 0.194. The predicted molar refractivity (Wildman–Crippen MR) is 106 cm³/mol. The Bertz CT molecular complexity index is 856. The van der Waals surface area contributed by atoms with E-state index >= 15 is 0 Å². The molecule has 0 atom stereocenters. The lowest BCUT2D eigenvalue weighted by molar-refractivity contribution is -0.115. The van der Waals surface area contributed by atoms with Crippen LogP contribution in [0.2, 0.25) is 0 Å². The predicted octanol–water partition coefficient (Wildman–Crippen LogP) is 3.92. The molecule has 1 aliphatic heterocycles. The molecule has 1 aromatic heterocycles. The molecule has 2 aromatic rings. The highest BCUT2D eigenvalue weighted by atomic mass is 79.9. The third-order valence-corrected chi connectivity index (χ3v) is 5.03. The molecule has 5 nitrogen and oxygen atoms in total. The smallest absolute Gasteiger partial charge is 0.263 e. The van der Waals surface area contributed by atoms with Crippen molar-refractivity contribution in [2.24, 2.45) is 0 Å². The van der Waals surface area contributed by atoms with Crippen molar-refractivity contribution in [3.05, 3.63) is 57.2 Å². The molecule has 2 heterocycles. The van der Waals surface area contributed by atoms with E-state index < -0.39 is 0 Å². The van der Waals surface area contributed by atoms with Gasteiger partial charge in [0.25, 0.3) is 5.91 Å². The summed E-state index contributed by atoms with van der Waals surface area (Å²) in [5.74, 6) is 0.943. The lowest BCUT2D eigenvalue weighted by atomic mass is 10.2. The number of amides is 1. The monoisotopic (exact) mass is 436 g/mol. The fourth-order valence-corrected chi connectivity index (χ4v) is 3.78. The van der Waals surface area contributed by atoms with E-state index in [9.17, 15) is 4.79 Å². The standard InChI is InChI=1S/C17H13BrN2O3S2/c1-22-13-7-10(8-14-16(21)20-17(24)25-14)6-12(18)15(13)23-9-11-4-2-3-5-19-11/h2-8H,9H2,1H3,(H,20,21,24). The van der Waals surface area contributed by atoms with Gasteiger partial charge in [-0.3, -0.25) is 9.78 Å². The maximum Gasteiger partial charge on any atom is 0.263 e. The second-order valence-corrected chi connectivity index (χ2v) is 7.57. The van der Waals surface area contributed by atoms with Crippen molar-refractivity contribution in [1.29, 1.82) is 0 Å². The van der Waals surface area contributed by atoms with E-state index in [1.165, 1.54) is 11.8 Å². The fourth-order valence-electron chi connectivity index (χ4n) is 2.17. The van der Waals surface area contributed by atoms with Crippen molar-refractivity contribution < 1.29 is 14.3 Å². The van der Waals surface area contributed by atoms with Crippen molar-refractivity contribution >= 4 is 56.2 Å². The summed E-state index contributed by atoms with van der Waals surface area (Å²) < 4.78 is 12.5. The van der Waals surface area contributed by atoms with Gasteiger partial charge in [0, 0.05) is 6.20 Å². The van der Waals surface area contributed by atoms with Gasteiger partial charge in [0.15, 0.2) is 11.5 Å². The van der Waals surface area contributed by atoms with Gasteiger partial charge in [-0.25, -0.2) is 0 Å². The first-order chi connectivity index (χ1) is 12.1. The topological polar surface area (TPSA) is 60.5 Å². The van der Waals surface area contributed by atoms with Crippen molar-refractivity contribution in [3.8, 4) is 11.5 Å². The Morgan fingerprint density at radius 3 is 2.88 bits per heavy atom. The number of carbonyl (C=O) groups excluding carboxylic acids is 1. The highest BCUT2D eigenvalue weighted by Gasteiger charge is 2.22. The van der Waals surface area contributed by atoms with Gasteiger partial charge in [-0.15, -0.1) is 0 Å². The van der Waals surface area contributed by atoms with Crippen molar-refractivity contribution in [3.63, 3.8) is 0 Å². The molecule has 1 aliphatic rings. The average molecular weight is 437 g/mol. The van der Waals surface area contributed by atoms with E-state index in [0.717, 1.165) is 15.7 Å². The van der Waals surface area contributed by atoms with Gasteiger partial charge < -0.3 is 14.8 Å². The average Bonchev–Trinajstić information content (AvgIpc) is 2.91. The molecular weight excluding hydrogens is 424 g/mol. The summed E-state index contributed by atoms with van der Waals surface area (Å²) in [7, 11) is 1.57. The molecule has 1 saturated heterocycles. The number of carbonyl (C=O) groups is 1. The molecule has 0 spiro atoms. The maximum absolute atomic E-state index is 11.8. The van der Waals surface area contributed by atoms with Gasteiger partial charge in [-0.1, -0.05) is 30.0 Å². The number of rotatable bonds is 5. The summed E-state index contributed by atoms with van der Waals surface area (Å²) in [6, 6.07) is 9.31. The number of pyridine rings is 1. The van der Waals surface area contributed by atoms with Crippen LogP contribution in [-0.4, -0.2) is 22.3 Å². The number of nitrogens with one attached hydrogen (secondary N) is 1. The van der Waals surface area contributed by atoms with E-state index in [2.05, 4.69) is 26.2 Å². The Labute approximate surface area is 162 Å². The Morgan fingerprint density at radius 2 is 2.24 bits per heavy atom. The van der Waals surface area contributed by atoms with Crippen LogP contribution in [0.15, 0.2) is 45.9 Å². The minimum atomic E-state index is -0.194. The maximum atomic E-state index is 11.8. The van der Waals surface area contributed by atoms with Crippen molar-refractivity contribution in [2.75, 3.05) is 7.11 Å². The number of hydrogen-bond acceptors (Lipinski definition) is 6. The van der Waals surface area contributed by atoms with E-state index in [1.807, 2.05) is 24.3 Å². The van der Waals surface area contributed by atoms with Gasteiger partial charge in [-0.05, 0) is 51.8 Å². The van der Waals surface area contributed by atoms with E-state index in [-0.39, 0.29) is 5.91 Å². The number of thiocarbonyl (C=S) groups is 1. The Kier molecular flexibility index (Phi) is 5.72. The summed E-state index contributed by atoms with van der Waals surface area (Å²) in [6.07, 6.45) is 3.48. The van der Waals surface area contributed by atoms with Crippen molar-refractivity contribution in [1.82, 2.24) is 10.3 Å². The van der Waals surface area contributed by atoms with E-state index in [0.29, 0.717) is 27.3 Å². The summed E-state index contributed by atoms with van der Waals surface area (Å²) >= 11 is 9.73. The zero-order valence-electron chi connectivity index (χ0n) is 13.1. The lowest BCUT2D eigenvalue weighted by Gasteiger charge is -2.13. The van der Waals surface area contributed by atoms with Crippen LogP contribution in [0.3, 0.4) is 0 Å². The molecule has 1 amide bonds. The molecule has 0 unspecified atom stereocenters. The third-order valence-electron chi connectivity index (χ3n) is 3.28. The second kappa shape index (κ2) is 7.99. The normalized spacial score (nSPS) is 15.4. The molecule has 1 fully saturated rings. The molecule has 0 aliphatic carbocycles. The van der Waals surface area contributed by atoms with E-state index in [1.54, 1.807) is 25.4 Å². The molecule has 1 aromatic carbocycles. The minimum Gasteiger partial charge on any atom is -0.493 e. The van der Waals surface area contributed by atoms with Crippen LogP contribution in [0.25, 0.3) is 6.08 Å². The first kappa shape index (κ1) is 17.9. The van der Waals surface area contributed by atoms with Gasteiger partial charge in [-0.2, -0.15) is 0 Å². The number of ether oxygens (including phenoxy) is 2. The Balaban J connectivity index is 1.85. The molecule has 3 rings (SSSR count). The Morgan fingerprint density at radius 1 is 1.40 bits per heavy atom. The second-order valence-electron chi connectivity index (χ2n) is 5.00. The zero-order valence-corrected chi connectivity index (χ0v) is 16.3. The lowest BCUT2D eigenvalue weighted by Crippen LogP contribution is -2.17. The highest BCUT2D eigenvalue weighted by molar-refractivity contribution is 9.10. The molecule has 0 radical (unpaired) electrons. The van der Waals surface area contributed by atoms with Gasteiger partial charge >= 0.3 is 0 Å². The quantitative estimate of drug-likeness (QED) is 0.565. The highest BCUT2D eigenvalue weighted by Crippen LogP contribution is 2.38. The van der Waals surface area contributed by atoms with E-state index in [4.69, 9.17) is 21.7 Å². The molecule has 25 heavy (non-hydrogen) atoms. The first-order valence-corrected chi connectivity index (χ1v) is 9.23. The summed E-state index contributed by atoms with van der Waals surface area (Å²) in [6.45, 7) is 0.322. The third kappa shape index (κ3) is 4.39. The van der Waals surface area contributed by atoms with Crippen molar-refractivity contribution in [2.45, 2.75) is 6.61 Å². The summed E-state index contributed by atoms with van der Waals surface area (Å²) in [4.78, 5) is 16.6. The number of nitrogens with zero attached hydrogens (tertiary/aromatic N) is 1. The number of thioether (sulfide) groups is 1. The first-order valence-electron chi connectivity index (χ1n) is 7.22. The zero-order chi connectivity index (χ0) is 17.8. The summed E-state index contributed by atoms with van der Waals surface area (Å²) in [5.41, 5.74) is 1.62. The molecule has 8 heteroatoms. The molecular formula is C17H13BrN2O3S2. The van der Waals surface area contributed by atoms with Crippen LogP contribution in [0, 0.1) is 0 Å². The largest absolute Gasteiger partial charge is 0.493 e. The summed E-state index contributed by atoms with van der Waals surface area (Å²) in [5, 5.41) is 2.59. The molecule has 1 N–H and O–H groups in total.